The number of halogens is 4. The van der Waals surface area contributed by atoms with Gasteiger partial charge in [0.2, 0.25) is 21.1 Å². The summed E-state index contributed by atoms with van der Waals surface area (Å²) < 4.78 is 0. The van der Waals surface area contributed by atoms with E-state index in [0.29, 0.717) is 11.6 Å². The average Bonchev–Trinajstić information content (AvgIpc) is 2.12. The minimum Gasteiger partial charge on any atom is -0.219 e. The van der Waals surface area contributed by atoms with Gasteiger partial charge in [-0.2, -0.15) is 15.0 Å². The molecule has 0 saturated heterocycles. The zero-order chi connectivity index (χ0) is 13.7. The molecule has 0 aliphatic rings. The topological polar surface area (TPSA) is 77.3 Å². The lowest BCUT2D eigenvalue weighted by Gasteiger charge is -1.92. The summed E-state index contributed by atoms with van der Waals surface area (Å²) in [4.78, 5) is 21.9. The maximum atomic E-state index is 5.49. The van der Waals surface area contributed by atoms with Crippen LogP contribution in [0.4, 0.5) is 0 Å². The molecule has 96 valence electrons. The van der Waals surface area contributed by atoms with Gasteiger partial charge < -0.3 is 0 Å². The highest BCUT2D eigenvalue weighted by atomic mass is 35.5. The molecule has 0 atom stereocenters. The van der Waals surface area contributed by atoms with Crippen molar-refractivity contribution in [3.8, 4) is 0 Å². The Morgan fingerprint density at radius 1 is 0.500 bits per heavy atom. The molecular formula is C8H6Cl4N6. The van der Waals surface area contributed by atoms with E-state index in [1.54, 1.807) is 13.8 Å². The van der Waals surface area contributed by atoms with Gasteiger partial charge in [-0.15, -0.1) is 0 Å². The first-order valence-electron chi connectivity index (χ1n) is 4.44. The Bertz CT molecular complexity index is 399. The van der Waals surface area contributed by atoms with E-state index < -0.39 is 0 Å². The van der Waals surface area contributed by atoms with E-state index in [4.69, 9.17) is 46.4 Å². The quantitative estimate of drug-likeness (QED) is 0.740. The van der Waals surface area contributed by atoms with Crippen LogP contribution in [-0.2, 0) is 0 Å². The molecule has 0 N–H and O–H groups in total. The number of aromatic nitrogens is 6. The second kappa shape index (κ2) is 6.94. The van der Waals surface area contributed by atoms with Crippen molar-refractivity contribution < 1.29 is 0 Å². The van der Waals surface area contributed by atoms with Crippen LogP contribution in [0, 0.1) is 13.8 Å². The summed E-state index contributed by atoms with van der Waals surface area (Å²) in [5, 5.41) is 0.264. The summed E-state index contributed by atoms with van der Waals surface area (Å²) in [6.45, 7) is 3.56. The Morgan fingerprint density at radius 3 is 1.06 bits per heavy atom. The van der Waals surface area contributed by atoms with Gasteiger partial charge in [0, 0.05) is 0 Å². The van der Waals surface area contributed by atoms with E-state index in [9.17, 15) is 0 Å². The lowest BCUT2D eigenvalue weighted by Crippen LogP contribution is -1.94. The molecule has 2 aromatic heterocycles. The van der Waals surface area contributed by atoms with E-state index in [0.717, 1.165) is 0 Å². The molecular weight excluding hydrogens is 322 g/mol. The van der Waals surface area contributed by atoms with Crippen molar-refractivity contribution in [2.24, 2.45) is 0 Å². The molecule has 0 unspecified atom stereocenters. The molecule has 18 heavy (non-hydrogen) atoms. The van der Waals surface area contributed by atoms with Crippen LogP contribution >= 0.6 is 46.4 Å². The first-order chi connectivity index (χ1) is 8.36. The van der Waals surface area contributed by atoms with E-state index in [1.807, 2.05) is 0 Å². The minimum absolute atomic E-state index is 0.000000000000000444. The normalized spacial score (nSPS) is 9.67. The first-order valence-corrected chi connectivity index (χ1v) is 5.95. The van der Waals surface area contributed by atoms with Gasteiger partial charge in [0.25, 0.3) is 0 Å². The SMILES string of the molecule is Cc1nc(C)nc(Cl)n1.Clc1nc(Cl)nc(Cl)n1. The molecule has 0 fully saturated rings. The van der Waals surface area contributed by atoms with Crippen molar-refractivity contribution in [3.63, 3.8) is 0 Å². The fourth-order valence-electron chi connectivity index (χ4n) is 0.880. The molecule has 2 heterocycles. The van der Waals surface area contributed by atoms with Gasteiger partial charge >= 0.3 is 0 Å². The zero-order valence-electron chi connectivity index (χ0n) is 9.20. The number of hydrogen-bond acceptors (Lipinski definition) is 6. The second-order valence-electron chi connectivity index (χ2n) is 2.84. The van der Waals surface area contributed by atoms with Crippen molar-refractivity contribution >= 4 is 46.4 Å². The van der Waals surface area contributed by atoms with Crippen molar-refractivity contribution in [2.45, 2.75) is 13.8 Å². The van der Waals surface area contributed by atoms with Crippen molar-refractivity contribution in [3.05, 3.63) is 32.8 Å². The van der Waals surface area contributed by atoms with Crippen LogP contribution in [0.15, 0.2) is 0 Å². The summed E-state index contributed by atoms with van der Waals surface area (Å²) in [5.41, 5.74) is 0. The van der Waals surface area contributed by atoms with Crippen LogP contribution in [0.1, 0.15) is 11.6 Å². The van der Waals surface area contributed by atoms with Gasteiger partial charge in [-0.3, -0.25) is 0 Å². The fourth-order valence-corrected chi connectivity index (χ4v) is 1.73. The molecule has 2 rings (SSSR count). The highest BCUT2D eigenvalue weighted by Gasteiger charge is 1.97. The summed E-state index contributed by atoms with van der Waals surface area (Å²) in [6, 6.07) is 0. The molecule has 6 nitrogen and oxygen atoms in total. The molecule has 0 radical (unpaired) electrons. The van der Waals surface area contributed by atoms with Crippen molar-refractivity contribution in [1.29, 1.82) is 0 Å². The maximum Gasteiger partial charge on any atom is 0.227 e. The Kier molecular flexibility index (Phi) is 5.87. The molecule has 0 saturated carbocycles. The highest BCUT2D eigenvalue weighted by molar-refractivity contribution is 6.33. The highest BCUT2D eigenvalue weighted by Crippen LogP contribution is 2.08. The van der Waals surface area contributed by atoms with Gasteiger partial charge in [-0.05, 0) is 60.3 Å². The number of nitrogens with zero attached hydrogens (tertiary/aromatic N) is 6. The zero-order valence-corrected chi connectivity index (χ0v) is 12.2. The molecule has 10 heteroatoms. The predicted molar refractivity (Wildman–Crippen MR) is 69.2 cm³/mol. The Balaban J connectivity index is 0.000000180. The number of aryl methyl sites for hydroxylation is 2. The maximum absolute atomic E-state index is 5.49. The smallest absolute Gasteiger partial charge is 0.219 e. The van der Waals surface area contributed by atoms with Gasteiger partial charge in [0.15, 0.2) is 0 Å². The lowest BCUT2D eigenvalue weighted by molar-refractivity contribution is 0.920. The summed E-state index contributed by atoms with van der Waals surface area (Å²) in [7, 11) is 0. The standard InChI is InChI=1S/C5H6ClN3.C3Cl3N3/c1-3-7-4(2)9-5(6)8-3;4-1-7-2(5)9-3(6)8-1/h1-2H3;. The van der Waals surface area contributed by atoms with Crippen molar-refractivity contribution in [1.82, 2.24) is 29.9 Å². The van der Waals surface area contributed by atoms with Crippen LogP contribution in [0.3, 0.4) is 0 Å². The molecule has 2 aromatic rings. The third kappa shape index (κ3) is 5.68. The minimum atomic E-state index is 0.000000000000000444. The first kappa shape index (κ1) is 15.2. The molecule has 0 aromatic carbocycles. The van der Waals surface area contributed by atoms with Gasteiger partial charge in [-0.25, -0.2) is 15.0 Å². The number of hydrogen-bond donors (Lipinski definition) is 0. The van der Waals surface area contributed by atoms with E-state index in [2.05, 4.69) is 29.9 Å². The predicted octanol–water partition coefficient (Wildman–Crippen LogP) is 2.97. The van der Waals surface area contributed by atoms with Gasteiger partial charge in [0.1, 0.15) is 11.6 Å². The Hall–Kier alpha value is -0.820. The van der Waals surface area contributed by atoms with E-state index in [1.165, 1.54) is 0 Å². The van der Waals surface area contributed by atoms with Crippen LogP contribution in [-0.4, -0.2) is 29.9 Å². The largest absolute Gasteiger partial charge is 0.227 e. The van der Waals surface area contributed by atoms with E-state index >= 15 is 0 Å². The van der Waals surface area contributed by atoms with Crippen LogP contribution in [0.5, 0.6) is 0 Å². The Morgan fingerprint density at radius 2 is 0.778 bits per heavy atom. The third-order valence-corrected chi connectivity index (χ3v) is 2.06. The van der Waals surface area contributed by atoms with Crippen molar-refractivity contribution in [2.75, 3.05) is 0 Å². The molecule has 0 aliphatic heterocycles. The summed E-state index contributed by atoms with van der Waals surface area (Å²) in [6.07, 6.45) is 0. The lowest BCUT2D eigenvalue weighted by atomic mass is 10.6. The van der Waals surface area contributed by atoms with Crippen LogP contribution in [0.2, 0.25) is 21.1 Å². The molecule has 0 bridgehead atoms. The Labute approximate surface area is 123 Å². The van der Waals surface area contributed by atoms with E-state index in [-0.39, 0.29) is 21.1 Å². The fraction of sp³-hybridized carbons (Fsp3) is 0.250. The second-order valence-corrected chi connectivity index (χ2v) is 4.19. The molecule has 0 spiro atoms. The van der Waals surface area contributed by atoms with Gasteiger partial charge in [0.05, 0.1) is 0 Å². The monoisotopic (exact) mass is 326 g/mol. The van der Waals surface area contributed by atoms with Gasteiger partial charge in [-0.1, -0.05) is 0 Å². The summed E-state index contributed by atoms with van der Waals surface area (Å²) >= 11 is 21.4. The number of rotatable bonds is 0. The average molecular weight is 328 g/mol. The third-order valence-electron chi connectivity index (χ3n) is 1.39. The molecule has 0 aliphatic carbocycles. The van der Waals surface area contributed by atoms with Crippen LogP contribution < -0.4 is 0 Å². The summed E-state index contributed by atoms with van der Waals surface area (Å²) in [5.74, 6) is 1.32. The van der Waals surface area contributed by atoms with Crippen LogP contribution in [0.25, 0.3) is 0 Å². The molecule has 0 amide bonds.